The molecule has 0 aromatic heterocycles. The van der Waals surface area contributed by atoms with E-state index in [1.165, 1.54) is 5.56 Å². The molecule has 31 heavy (non-hydrogen) atoms. The number of hydrogen-bond acceptors (Lipinski definition) is 1. The summed E-state index contributed by atoms with van der Waals surface area (Å²) in [5.41, 5.74) is 2.96. The Morgan fingerprint density at radius 2 is 1.35 bits per heavy atom. The number of fused-ring (bicyclic) bond motifs is 1. The number of carbonyl (C=O) groups excluding carboxylic acids is 1. The molecule has 0 aliphatic heterocycles. The number of benzene rings is 4. The lowest BCUT2D eigenvalue weighted by Crippen LogP contribution is -2.30. The predicted octanol–water partition coefficient (Wildman–Crippen LogP) is 7.46. The van der Waals surface area contributed by atoms with Crippen molar-refractivity contribution in [3.05, 3.63) is 118 Å². The van der Waals surface area contributed by atoms with Gasteiger partial charge in [-0.15, -0.1) is 0 Å². The summed E-state index contributed by atoms with van der Waals surface area (Å²) in [7, 11) is 0. The molecule has 156 valence electrons. The Morgan fingerprint density at radius 1 is 0.774 bits per heavy atom. The third-order valence-corrected chi connectivity index (χ3v) is 6.30. The molecule has 4 aromatic carbocycles. The number of nitrogens with one attached hydrogen (secondary N) is 1. The minimum Gasteiger partial charge on any atom is -0.351 e. The lowest BCUT2D eigenvalue weighted by molar-refractivity contribution is 0.0950. The Morgan fingerprint density at radius 3 is 2.00 bits per heavy atom. The topological polar surface area (TPSA) is 29.1 Å². The molecule has 0 bridgehead atoms. The van der Waals surface area contributed by atoms with Gasteiger partial charge < -0.3 is 5.32 Å². The van der Waals surface area contributed by atoms with Gasteiger partial charge in [-0.3, -0.25) is 4.79 Å². The molecule has 1 N–H and O–H groups in total. The van der Waals surface area contributed by atoms with E-state index in [2.05, 4.69) is 12.2 Å². The zero-order chi connectivity index (χ0) is 21.8. The molecule has 4 heteroatoms. The van der Waals surface area contributed by atoms with Gasteiger partial charge in [-0.05, 0) is 64.2 Å². The molecule has 4 rings (SSSR count). The Balaban J connectivity index is 1.56. The van der Waals surface area contributed by atoms with Gasteiger partial charge in [-0.2, -0.15) is 0 Å². The van der Waals surface area contributed by atoms with Crippen LogP contribution >= 0.6 is 23.2 Å². The van der Waals surface area contributed by atoms with Crippen LogP contribution in [0, 0.1) is 0 Å². The SMILES string of the molecule is CC(c1ccc(Cl)cc1)C(CNC(=O)c1ccc2ccccc2c1)c1ccc(Cl)cc1. The van der Waals surface area contributed by atoms with Crippen molar-refractivity contribution in [2.24, 2.45) is 0 Å². The fraction of sp³-hybridized carbons (Fsp3) is 0.148. The second kappa shape index (κ2) is 9.55. The summed E-state index contributed by atoms with van der Waals surface area (Å²) in [4.78, 5) is 12.9. The van der Waals surface area contributed by atoms with Crippen molar-refractivity contribution in [3.8, 4) is 0 Å². The quantitative estimate of drug-likeness (QED) is 0.326. The van der Waals surface area contributed by atoms with Crippen LogP contribution in [0.15, 0.2) is 91.0 Å². The average molecular weight is 448 g/mol. The fourth-order valence-electron chi connectivity index (χ4n) is 3.93. The highest BCUT2D eigenvalue weighted by Gasteiger charge is 2.22. The summed E-state index contributed by atoms with van der Waals surface area (Å²) in [5, 5.41) is 6.72. The van der Waals surface area contributed by atoms with Crippen molar-refractivity contribution < 1.29 is 4.79 Å². The Bertz CT molecular complexity index is 1190. The second-order valence-corrected chi connectivity index (χ2v) is 8.64. The first kappa shape index (κ1) is 21.4. The van der Waals surface area contributed by atoms with Crippen LogP contribution in [0.25, 0.3) is 10.8 Å². The summed E-state index contributed by atoms with van der Waals surface area (Å²) >= 11 is 12.2. The number of hydrogen-bond donors (Lipinski definition) is 1. The number of amides is 1. The van der Waals surface area contributed by atoms with Crippen molar-refractivity contribution in [3.63, 3.8) is 0 Å². The van der Waals surface area contributed by atoms with E-state index in [0.717, 1.165) is 16.3 Å². The van der Waals surface area contributed by atoms with Gasteiger partial charge in [-0.1, -0.05) is 84.7 Å². The van der Waals surface area contributed by atoms with E-state index in [-0.39, 0.29) is 17.7 Å². The largest absolute Gasteiger partial charge is 0.351 e. The number of rotatable bonds is 6. The summed E-state index contributed by atoms with van der Waals surface area (Å²) in [6, 6.07) is 29.6. The summed E-state index contributed by atoms with van der Waals surface area (Å²) in [5.74, 6) is 0.186. The highest BCUT2D eigenvalue weighted by atomic mass is 35.5. The summed E-state index contributed by atoms with van der Waals surface area (Å²) in [6.45, 7) is 2.68. The van der Waals surface area contributed by atoms with Gasteiger partial charge in [-0.25, -0.2) is 0 Å². The lowest BCUT2D eigenvalue weighted by atomic mass is 9.82. The maximum atomic E-state index is 12.9. The highest BCUT2D eigenvalue weighted by Crippen LogP contribution is 2.33. The zero-order valence-electron chi connectivity index (χ0n) is 17.2. The van der Waals surface area contributed by atoms with Crippen molar-refractivity contribution in [2.75, 3.05) is 6.54 Å². The fourth-order valence-corrected chi connectivity index (χ4v) is 4.18. The minimum atomic E-state index is -0.0759. The van der Waals surface area contributed by atoms with Crippen molar-refractivity contribution in [2.45, 2.75) is 18.8 Å². The molecule has 1 amide bonds. The summed E-state index contributed by atoms with van der Waals surface area (Å²) < 4.78 is 0. The smallest absolute Gasteiger partial charge is 0.251 e. The standard InChI is InChI=1S/C27H23Cl2NO/c1-18(19-8-12-24(28)13-9-19)26(21-10-14-25(29)15-11-21)17-30-27(31)23-7-6-20-4-2-3-5-22(20)16-23/h2-16,18,26H,17H2,1H3,(H,30,31). The molecular formula is C27H23Cl2NO. The molecule has 2 unspecified atom stereocenters. The monoisotopic (exact) mass is 447 g/mol. The van der Waals surface area contributed by atoms with Crippen LogP contribution in [0.4, 0.5) is 0 Å². The minimum absolute atomic E-state index is 0.0759. The molecule has 0 aliphatic rings. The van der Waals surface area contributed by atoms with Crippen LogP contribution in [-0.2, 0) is 0 Å². The molecule has 0 spiro atoms. The summed E-state index contributed by atoms with van der Waals surface area (Å²) in [6.07, 6.45) is 0. The average Bonchev–Trinajstić information content (AvgIpc) is 2.80. The van der Waals surface area contributed by atoms with E-state index >= 15 is 0 Å². The molecule has 0 heterocycles. The van der Waals surface area contributed by atoms with Crippen LogP contribution in [0.5, 0.6) is 0 Å². The van der Waals surface area contributed by atoms with Crippen molar-refractivity contribution in [1.82, 2.24) is 5.32 Å². The molecule has 0 aliphatic carbocycles. The normalized spacial score (nSPS) is 13.0. The van der Waals surface area contributed by atoms with Crippen LogP contribution in [0.1, 0.15) is 40.2 Å². The molecule has 2 atom stereocenters. The Hall–Kier alpha value is -2.81. The first-order valence-corrected chi connectivity index (χ1v) is 11.0. The number of halogens is 2. The maximum absolute atomic E-state index is 12.9. The Kier molecular flexibility index (Phi) is 6.60. The number of carbonyl (C=O) groups is 1. The first-order valence-electron chi connectivity index (χ1n) is 10.3. The van der Waals surface area contributed by atoms with Gasteiger partial charge in [0.2, 0.25) is 0 Å². The van der Waals surface area contributed by atoms with Gasteiger partial charge in [0, 0.05) is 28.1 Å². The molecule has 0 fully saturated rings. The molecule has 0 saturated carbocycles. The van der Waals surface area contributed by atoms with E-state index in [4.69, 9.17) is 23.2 Å². The second-order valence-electron chi connectivity index (χ2n) is 7.77. The van der Waals surface area contributed by atoms with Crippen LogP contribution in [0.3, 0.4) is 0 Å². The molecule has 4 aromatic rings. The van der Waals surface area contributed by atoms with Gasteiger partial charge in [0.1, 0.15) is 0 Å². The zero-order valence-corrected chi connectivity index (χ0v) is 18.7. The molecule has 0 saturated heterocycles. The van der Waals surface area contributed by atoms with Gasteiger partial charge in [0.05, 0.1) is 0 Å². The van der Waals surface area contributed by atoms with Crippen LogP contribution < -0.4 is 5.32 Å². The van der Waals surface area contributed by atoms with Gasteiger partial charge in [0.15, 0.2) is 0 Å². The van der Waals surface area contributed by atoms with E-state index in [0.29, 0.717) is 22.2 Å². The van der Waals surface area contributed by atoms with Crippen LogP contribution in [0.2, 0.25) is 10.0 Å². The molecule has 2 nitrogen and oxygen atoms in total. The predicted molar refractivity (Wildman–Crippen MR) is 130 cm³/mol. The van der Waals surface area contributed by atoms with Crippen molar-refractivity contribution >= 4 is 39.9 Å². The molecular weight excluding hydrogens is 425 g/mol. The van der Waals surface area contributed by atoms with Crippen LogP contribution in [-0.4, -0.2) is 12.5 Å². The molecule has 0 radical (unpaired) electrons. The van der Waals surface area contributed by atoms with Crippen molar-refractivity contribution in [1.29, 1.82) is 0 Å². The van der Waals surface area contributed by atoms with E-state index in [1.54, 1.807) is 0 Å². The van der Waals surface area contributed by atoms with E-state index < -0.39 is 0 Å². The van der Waals surface area contributed by atoms with E-state index in [1.807, 2.05) is 91.0 Å². The maximum Gasteiger partial charge on any atom is 0.251 e. The lowest BCUT2D eigenvalue weighted by Gasteiger charge is -2.25. The highest BCUT2D eigenvalue weighted by molar-refractivity contribution is 6.30. The van der Waals surface area contributed by atoms with Gasteiger partial charge in [0.25, 0.3) is 5.91 Å². The van der Waals surface area contributed by atoms with E-state index in [9.17, 15) is 4.79 Å². The third kappa shape index (κ3) is 5.10. The first-order chi connectivity index (χ1) is 15.0. The van der Waals surface area contributed by atoms with Gasteiger partial charge >= 0.3 is 0 Å². The Labute approximate surface area is 192 Å². The third-order valence-electron chi connectivity index (χ3n) is 5.79.